The molecule has 2 saturated heterocycles. The quantitative estimate of drug-likeness (QED) is 0.151. The third-order valence-electron chi connectivity index (χ3n) is 5.80. The molecule has 2 aliphatic rings. The van der Waals surface area contributed by atoms with Crippen molar-refractivity contribution in [3.8, 4) is 5.75 Å². The van der Waals surface area contributed by atoms with E-state index in [1.54, 1.807) is 13.1 Å². The van der Waals surface area contributed by atoms with Crippen LogP contribution in [0.25, 0.3) is 0 Å². The van der Waals surface area contributed by atoms with Gasteiger partial charge in [-0.25, -0.2) is 9.59 Å². The van der Waals surface area contributed by atoms with Gasteiger partial charge in [0.15, 0.2) is 18.5 Å². The second kappa shape index (κ2) is 11.7. The number of likely N-dealkylation sites (N-methyl/N-ethyl adjacent to an activating group) is 1. The number of carbonyl (C=O) groups is 2. The van der Waals surface area contributed by atoms with E-state index in [-0.39, 0.29) is 12.3 Å². The standard InChI is InChI=1S/C21H29NO14/c1-22-6-9(34-21-15(28)11(24)13(26)17(36-21)19(31)32)7-3-2-4-8(5-7)33-20-14(27)10(23)12(25)16(35-20)18(29)30/h2-5,9-17,20-28H,6H2,1H3,(H,29,30)(H,31,32)/t9-,10?,11?,12?,13?,14?,15?,16?,17?,20?,21?/m1/s1. The fourth-order valence-electron chi connectivity index (χ4n) is 3.83. The number of carboxylic acids is 2. The van der Waals surface area contributed by atoms with Crippen LogP contribution in [0.5, 0.6) is 5.75 Å². The van der Waals surface area contributed by atoms with Crippen molar-refractivity contribution in [1.29, 1.82) is 0 Å². The molecule has 202 valence electrons. The van der Waals surface area contributed by atoms with Gasteiger partial charge >= 0.3 is 11.9 Å². The van der Waals surface area contributed by atoms with Crippen LogP contribution < -0.4 is 10.1 Å². The molecule has 1 aromatic rings. The summed E-state index contributed by atoms with van der Waals surface area (Å²) in [7, 11) is 1.58. The van der Waals surface area contributed by atoms with Gasteiger partial charge in [-0.15, -0.1) is 0 Å². The summed E-state index contributed by atoms with van der Waals surface area (Å²) in [5, 5.41) is 81.3. The maximum absolute atomic E-state index is 11.3. The lowest BCUT2D eigenvalue weighted by atomic mass is 9.98. The van der Waals surface area contributed by atoms with Crippen molar-refractivity contribution >= 4 is 11.9 Å². The number of hydrogen-bond donors (Lipinski definition) is 9. The summed E-state index contributed by atoms with van der Waals surface area (Å²) in [4.78, 5) is 22.6. The van der Waals surface area contributed by atoms with E-state index in [2.05, 4.69) is 5.32 Å². The van der Waals surface area contributed by atoms with Crippen LogP contribution in [0.2, 0.25) is 0 Å². The van der Waals surface area contributed by atoms with E-state index in [0.29, 0.717) is 5.56 Å². The molecule has 0 saturated carbocycles. The number of aliphatic carboxylic acids is 2. The van der Waals surface area contributed by atoms with Crippen LogP contribution in [0.15, 0.2) is 24.3 Å². The van der Waals surface area contributed by atoms with Crippen LogP contribution in [-0.2, 0) is 23.8 Å². The summed E-state index contributed by atoms with van der Waals surface area (Å²) < 4.78 is 21.5. The van der Waals surface area contributed by atoms with Crippen molar-refractivity contribution in [3.05, 3.63) is 29.8 Å². The third kappa shape index (κ3) is 5.92. The second-order valence-corrected chi connectivity index (χ2v) is 8.34. The molecule has 15 heteroatoms. The lowest BCUT2D eigenvalue weighted by Gasteiger charge is -2.40. The number of hydrogen-bond acceptors (Lipinski definition) is 13. The summed E-state index contributed by atoms with van der Waals surface area (Å²) >= 11 is 0. The predicted octanol–water partition coefficient (Wildman–Crippen LogP) is -3.87. The SMILES string of the molecule is CNC[C@@H](OC1OC(C(=O)O)C(O)C(O)C1O)c1cccc(OC2OC(C(=O)O)C(O)C(O)C2O)c1. The van der Waals surface area contributed by atoms with Crippen molar-refractivity contribution in [1.82, 2.24) is 5.32 Å². The van der Waals surface area contributed by atoms with Gasteiger partial charge in [-0.2, -0.15) is 0 Å². The lowest BCUT2D eigenvalue weighted by Crippen LogP contribution is -2.61. The summed E-state index contributed by atoms with van der Waals surface area (Å²) in [6, 6.07) is 5.90. The van der Waals surface area contributed by atoms with Crippen LogP contribution in [0, 0.1) is 0 Å². The number of ether oxygens (including phenoxy) is 4. The van der Waals surface area contributed by atoms with Crippen molar-refractivity contribution in [2.75, 3.05) is 13.6 Å². The second-order valence-electron chi connectivity index (χ2n) is 8.34. The molecule has 2 aliphatic heterocycles. The fourth-order valence-corrected chi connectivity index (χ4v) is 3.83. The Morgan fingerprint density at radius 2 is 1.39 bits per heavy atom. The highest BCUT2D eigenvalue weighted by molar-refractivity contribution is 5.73. The first-order valence-electron chi connectivity index (χ1n) is 10.9. The molecule has 36 heavy (non-hydrogen) atoms. The molecule has 15 nitrogen and oxygen atoms in total. The number of benzene rings is 1. The molecule has 2 heterocycles. The van der Waals surface area contributed by atoms with Gasteiger partial charge in [0.05, 0.1) is 6.10 Å². The first-order valence-corrected chi connectivity index (χ1v) is 10.9. The molecule has 0 amide bonds. The average Bonchev–Trinajstić information content (AvgIpc) is 2.83. The monoisotopic (exact) mass is 519 g/mol. The molecular formula is C21H29NO14. The molecule has 11 atom stereocenters. The van der Waals surface area contributed by atoms with Crippen LogP contribution in [0.1, 0.15) is 11.7 Å². The van der Waals surface area contributed by atoms with Gasteiger partial charge in [0.25, 0.3) is 0 Å². The van der Waals surface area contributed by atoms with Crippen LogP contribution >= 0.6 is 0 Å². The normalized spacial score (nSPS) is 37.8. The van der Waals surface area contributed by atoms with E-state index in [0.717, 1.165) is 0 Å². The zero-order valence-corrected chi connectivity index (χ0v) is 18.9. The topological polar surface area (TPSA) is 245 Å². The fraction of sp³-hybridized carbons (Fsp3) is 0.619. The Balaban J connectivity index is 1.78. The molecular weight excluding hydrogens is 490 g/mol. The highest BCUT2D eigenvalue weighted by Gasteiger charge is 2.49. The van der Waals surface area contributed by atoms with E-state index < -0.39 is 79.5 Å². The molecule has 10 unspecified atom stereocenters. The molecule has 3 rings (SSSR count). The molecule has 0 spiro atoms. The van der Waals surface area contributed by atoms with E-state index in [1.165, 1.54) is 18.2 Å². The molecule has 1 aromatic carbocycles. The maximum Gasteiger partial charge on any atom is 0.335 e. The minimum absolute atomic E-state index is 0.0398. The Morgan fingerprint density at radius 1 is 0.861 bits per heavy atom. The lowest BCUT2D eigenvalue weighted by molar-refractivity contribution is -0.305. The Labute approximate surface area is 204 Å². The van der Waals surface area contributed by atoms with Crippen molar-refractivity contribution in [2.45, 2.75) is 67.5 Å². The van der Waals surface area contributed by atoms with Crippen molar-refractivity contribution in [3.63, 3.8) is 0 Å². The van der Waals surface area contributed by atoms with Crippen molar-refractivity contribution in [2.24, 2.45) is 0 Å². The first kappa shape index (κ1) is 28.1. The van der Waals surface area contributed by atoms with Gasteiger partial charge in [-0.3, -0.25) is 0 Å². The minimum Gasteiger partial charge on any atom is -0.479 e. The Hall–Kier alpha value is -2.44. The zero-order chi connectivity index (χ0) is 26.7. The number of nitrogens with one attached hydrogen (secondary N) is 1. The molecule has 0 bridgehead atoms. The van der Waals surface area contributed by atoms with Gasteiger partial charge in [-0.1, -0.05) is 12.1 Å². The minimum atomic E-state index is -1.89. The van der Waals surface area contributed by atoms with Crippen molar-refractivity contribution < 1.29 is 69.4 Å². The van der Waals surface area contributed by atoms with E-state index in [1.807, 2.05) is 0 Å². The number of carboxylic acid groups (broad SMARTS) is 2. The average molecular weight is 519 g/mol. The largest absolute Gasteiger partial charge is 0.479 e. The predicted molar refractivity (Wildman–Crippen MR) is 113 cm³/mol. The third-order valence-corrected chi connectivity index (χ3v) is 5.80. The zero-order valence-electron chi connectivity index (χ0n) is 18.9. The van der Waals surface area contributed by atoms with Gasteiger partial charge < -0.3 is 65.1 Å². The Morgan fingerprint density at radius 3 is 1.92 bits per heavy atom. The smallest absolute Gasteiger partial charge is 0.335 e. The molecule has 0 radical (unpaired) electrons. The van der Waals surface area contributed by atoms with Gasteiger partial charge in [-0.05, 0) is 24.7 Å². The highest BCUT2D eigenvalue weighted by atomic mass is 16.7. The number of rotatable bonds is 9. The highest BCUT2D eigenvalue weighted by Crippen LogP contribution is 2.30. The van der Waals surface area contributed by atoms with Crippen LogP contribution in [-0.4, -0.2) is 128 Å². The first-order chi connectivity index (χ1) is 17.0. The summed E-state index contributed by atoms with van der Waals surface area (Å²) in [6.45, 7) is 0.0982. The van der Waals surface area contributed by atoms with Crippen LogP contribution in [0.4, 0.5) is 0 Å². The number of aliphatic hydroxyl groups is 6. The summed E-state index contributed by atoms with van der Waals surface area (Å²) in [5.41, 5.74) is 0.380. The summed E-state index contributed by atoms with van der Waals surface area (Å²) in [5.74, 6) is -3.10. The van der Waals surface area contributed by atoms with Crippen LogP contribution in [0.3, 0.4) is 0 Å². The Bertz CT molecular complexity index is 916. The van der Waals surface area contributed by atoms with Gasteiger partial charge in [0, 0.05) is 6.54 Å². The molecule has 9 N–H and O–H groups in total. The van der Waals surface area contributed by atoms with E-state index in [9.17, 15) is 50.4 Å². The van der Waals surface area contributed by atoms with E-state index in [4.69, 9.17) is 18.9 Å². The molecule has 2 fully saturated rings. The van der Waals surface area contributed by atoms with Gasteiger partial charge in [0.1, 0.15) is 42.4 Å². The molecule has 0 aromatic heterocycles. The van der Waals surface area contributed by atoms with Gasteiger partial charge in [0.2, 0.25) is 6.29 Å². The maximum atomic E-state index is 11.3. The van der Waals surface area contributed by atoms with E-state index >= 15 is 0 Å². The summed E-state index contributed by atoms with van der Waals surface area (Å²) in [6.07, 6.45) is -19.0. The molecule has 0 aliphatic carbocycles. The number of aliphatic hydroxyl groups excluding tert-OH is 6. The Kier molecular flexibility index (Phi) is 9.18.